The maximum absolute atomic E-state index is 13.0. The topological polar surface area (TPSA) is 40.9 Å². The summed E-state index contributed by atoms with van der Waals surface area (Å²) in [6.07, 6.45) is -4.79. The van der Waals surface area contributed by atoms with E-state index in [1.165, 1.54) is 6.07 Å². The molecule has 0 aliphatic carbocycles. The van der Waals surface area contributed by atoms with E-state index in [0.29, 0.717) is 12.1 Å². The maximum atomic E-state index is 13.0. The third kappa shape index (κ3) is 2.03. The molecule has 0 amide bonds. The van der Waals surface area contributed by atoms with Gasteiger partial charge in [0, 0.05) is 0 Å². The molecule has 0 aliphatic rings. The second-order valence-corrected chi connectivity index (χ2v) is 3.01. The first-order chi connectivity index (χ1) is 7.29. The Bertz CT molecular complexity index is 485. The smallest absolute Gasteiger partial charge is 0.294 e. The SMILES string of the molecule is CC(=O)c1c(C(F)(F)F)ccc(F)c1C#N. The quantitative estimate of drug-likeness (QED) is 0.550. The molecule has 0 unspecified atom stereocenters. The summed E-state index contributed by atoms with van der Waals surface area (Å²) >= 11 is 0. The van der Waals surface area contributed by atoms with Crippen LogP contribution in [0, 0.1) is 17.1 Å². The number of hydrogen-bond acceptors (Lipinski definition) is 2. The van der Waals surface area contributed by atoms with Gasteiger partial charge in [-0.1, -0.05) is 0 Å². The summed E-state index contributed by atoms with van der Waals surface area (Å²) in [5.41, 5.74) is -3.09. The number of rotatable bonds is 1. The molecule has 0 saturated carbocycles. The van der Waals surface area contributed by atoms with Crippen LogP contribution in [0.4, 0.5) is 17.6 Å². The molecule has 0 N–H and O–H groups in total. The van der Waals surface area contributed by atoms with Crippen molar-refractivity contribution in [2.75, 3.05) is 0 Å². The van der Waals surface area contributed by atoms with E-state index in [-0.39, 0.29) is 0 Å². The van der Waals surface area contributed by atoms with E-state index in [9.17, 15) is 22.4 Å². The van der Waals surface area contributed by atoms with Gasteiger partial charge in [-0.3, -0.25) is 4.79 Å². The van der Waals surface area contributed by atoms with Crippen molar-refractivity contribution in [2.45, 2.75) is 13.1 Å². The van der Waals surface area contributed by atoms with Gasteiger partial charge in [-0.15, -0.1) is 0 Å². The van der Waals surface area contributed by atoms with Crippen LogP contribution < -0.4 is 0 Å². The second kappa shape index (κ2) is 3.93. The van der Waals surface area contributed by atoms with Crippen LogP contribution in [0.5, 0.6) is 0 Å². The minimum absolute atomic E-state index is 0.451. The highest BCUT2D eigenvalue weighted by Gasteiger charge is 2.36. The molecular weight excluding hydrogens is 226 g/mol. The van der Waals surface area contributed by atoms with Gasteiger partial charge in [-0.05, 0) is 19.1 Å². The number of nitriles is 1. The lowest BCUT2D eigenvalue weighted by Gasteiger charge is -2.12. The number of carbonyl (C=O) groups is 1. The van der Waals surface area contributed by atoms with E-state index >= 15 is 0 Å². The number of Topliss-reactive ketones (excluding diaryl/α,β-unsaturated/α-hetero) is 1. The van der Waals surface area contributed by atoms with E-state index in [0.717, 1.165) is 6.92 Å². The molecule has 0 fully saturated rings. The Labute approximate surface area is 88.1 Å². The van der Waals surface area contributed by atoms with Crippen molar-refractivity contribution in [3.8, 4) is 6.07 Å². The summed E-state index contributed by atoms with van der Waals surface area (Å²) in [7, 11) is 0. The number of hydrogen-bond donors (Lipinski definition) is 0. The monoisotopic (exact) mass is 231 g/mol. The molecule has 6 heteroatoms. The zero-order valence-electron chi connectivity index (χ0n) is 8.02. The third-order valence-corrected chi connectivity index (χ3v) is 1.92. The van der Waals surface area contributed by atoms with Gasteiger partial charge in [0.05, 0.1) is 16.7 Å². The zero-order chi connectivity index (χ0) is 12.5. The lowest BCUT2D eigenvalue weighted by Crippen LogP contribution is -2.14. The highest BCUT2D eigenvalue weighted by Crippen LogP contribution is 2.34. The molecule has 1 aromatic carbocycles. The number of ketones is 1. The van der Waals surface area contributed by atoms with Crippen molar-refractivity contribution in [3.63, 3.8) is 0 Å². The second-order valence-electron chi connectivity index (χ2n) is 3.01. The van der Waals surface area contributed by atoms with E-state index in [1.54, 1.807) is 0 Å². The highest BCUT2D eigenvalue weighted by molar-refractivity contribution is 5.98. The molecule has 1 rings (SSSR count). The first kappa shape index (κ1) is 12.2. The molecule has 0 saturated heterocycles. The Balaban J connectivity index is 3.67. The van der Waals surface area contributed by atoms with Crippen LogP contribution in [0.3, 0.4) is 0 Å². The van der Waals surface area contributed by atoms with Crippen molar-refractivity contribution in [3.05, 3.63) is 34.6 Å². The van der Waals surface area contributed by atoms with E-state index < -0.39 is 34.5 Å². The molecule has 0 aliphatic heterocycles. The van der Waals surface area contributed by atoms with Gasteiger partial charge >= 0.3 is 6.18 Å². The molecule has 0 aromatic heterocycles. The van der Waals surface area contributed by atoms with Crippen molar-refractivity contribution in [2.24, 2.45) is 0 Å². The van der Waals surface area contributed by atoms with E-state index in [1.807, 2.05) is 0 Å². The lowest BCUT2D eigenvalue weighted by atomic mass is 9.98. The average Bonchev–Trinajstić information content (AvgIpc) is 2.14. The van der Waals surface area contributed by atoms with Crippen LogP contribution in [-0.4, -0.2) is 5.78 Å². The van der Waals surface area contributed by atoms with Crippen molar-refractivity contribution >= 4 is 5.78 Å². The lowest BCUT2D eigenvalue weighted by molar-refractivity contribution is -0.137. The van der Waals surface area contributed by atoms with Gasteiger partial charge < -0.3 is 0 Å². The fourth-order valence-corrected chi connectivity index (χ4v) is 1.29. The summed E-state index contributed by atoms with van der Waals surface area (Å²) in [5.74, 6) is -2.14. The Morgan fingerprint density at radius 2 is 1.94 bits per heavy atom. The zero-order valence-corrected chi connectivity index (χ0v) is 8.02. The molecule has 0 spiro atoms. The number of halogens is 4. The van der Waals surface area contributed by atoms with Gasteiger partial charge in [0.25, 0.3) is 0 Å². The van der Waals surface area contributed by atoms with Crippen LogP contribution >= 0.6 is 0 Å². The number of alkyl halides is 3. The number of benzene rings is 1. The Hall–Kier alpha value is -1.90. The van der Waals surface area contributed by atoms with E-state index in [2.05, 4.69) is 0 Å². The van der Waals surface area contributed by atoms with Crippen LogP contribution in [0.25, 0.3) is 0 Å². The molecule has 2 nitrogen and oxygen atoms in total. The summed E-state index contributed by atoms with van der Waals surface area (Å²) in [5, 5.41) is 8.53. The summed E-state index contributed by atoms with van der Waals surface area (Å²) in [4.78, 5) is 11.0. The van der Waals surface area contributed by atoms with Gasteiger partial charge in [0.15, 0.2) is 5.78 Å². The van der Waals surface area contributed by atoms with Crippen molar-refractivity contribution in [1.29, 1.82) is 5.26 Å². The fraction of sp³-hybridized carbons (Fsp3) is 0.200. The molecule has 0 heterocycles. The molecular formula is C10H5F4NO. The predicted octanol–water partition coefficient (Wildman–Crippen LogP) is 2.92. The maximum Gasteiger partial charge on any atom is 0.417 e. The van der Waals surface area contributed by atoms with Crippen LogP contribution in [-0.2, 0) is 6.18 Å². The molecule has 1 aromatic rings. The summed E-state index contributed by atoms with van der Waals surface area (Å²) in [6, 6.07) is 2.23. The van der Waals surface area contributed by atoms with Gasteiger partial charge in [-0.25, -0.2) is 4.39 Å². The Morgan fingerprint density at radius 1 is 1.38 bits per heavy atom. The molecule has 16 heavy (non-hydrogen) atoms. The number of carbonyl (C=O) groups excluding carboxylic acids is 1. The standard InChI is InChI=1S/C10H5F4NO/c1-5(16)9-6(4-15)8(11)3-2-7(9)10(12,13)14/h2-3H,1H3. The van der Waals surface area contributed by atoms with Gasteiger partial charge in [0.1, 0.15) is 11.9 Å². The van der Waals surface area contributed by atoms with Crippen LogP contribution in [0.1, 0.15) is 28.4 Å². The molecule has 84 valence electrons. The van der Waals surface area contributed by atoms with Crippen molar-refractivity contribution in [1.82, 2.24) is 0 Å². The molecule has 0 bridgehead atoms. The summed E-state index contributed by atoms with van der Waals surface area (Å²) < 4.78 is 50.5. The first-order valence-corrected chi connectivity index (χ1v) is 4.09. The third-order valence-electron chi connectivity index (χ3n) is 1.92. The Kier molecular flexibility index (Phi) is 2.99. The largest absolute Gasteiger partial charge is 0.417 e. The average molecular weight is 231 g/mol. The van der Waals surface area contributed by atoms with Gasteiger partial charge in [-0.2, -0.15) is 18.4 Å². The van der Waals surface area contributed by atoms with Gasteiger partial charge in [0.2, 0.25) is 0 Å². The minimum Gasteiger partial charge on any atom is -0.294 e. The molecule has 0 radical (unpaired) electrons. The Morgan fingerprint density at radius 3 is 2.31 bits per heavy atom. The minimum atomic E-state index is -4.79. The predicted molar refractivity (Wildman–Crippen MR) is 46.1 cm³/mol. The molecule has 0 atom stereocenters. The normalized spacial score (nSPS) is 11.0. The van der Waals surface area contributed by atoms with Crippen LogP contribution in [0.2, 0.25) is 0 Å². The first-order valence-electron chi connectivity index (χ1n) is 4.09. The highest BCUT2D eigenvalue weighted by atomic mass is 19.4. The van der Waals surface area contributed by atoms with E-state index in [4.69, 9.17) is 5.26 Å². The van der Waals surface area contributed by atoms with Crippen LogP contribution in [0.15, 0.2) is 12.1 Å². The number of nitrogens with zero attached hydrogens (tertiary/aromatic N) is 1. The van der Waals surface area contributed by atoms with Crippen molar-refractivity contribution < 1.29 is 22.4 Å². The summed E-state index contributed by atoms with van der Waals surface area (Å²) in [6.45, 7) is 0.852. The fourth-order valence-electron chi connectivity index (χ4n) is 1.29.